The zero-order chi connectivity index (χ0) is 17.3. The van der Waals surface area contributed by atoms with Gasteiger partial charge in [-0.05, 0) is 43.6 Å². The van der Waals surface area contributed by atoms with Gasteiger partial charge in [-0.3, -0.25) is 4.79 Å². The average Bonchev–Trinajstić information content (AvgIpc) is 2.32. The summed E-state index contributed by atoms with van der Waals surface area (Å²) in [7, 11) is 0. The maximum atomic E-state index is 13.8. The Bertz CT molecular complexity index is 539. The molecular formula is C17H24F2O3. The number of carbonyl (C=O) groups is 1. The fraction of sp³-hybridized carbons (Fsp3) is 0.588. The summed E-state index contributed by atoms with van der Waals surface area (Å²) in [6.07, 6.45) is 3.61. The Kier molecular flexibility index (Phi) is 5.15. The molecule has 1 rings (SSSR count). The Morgan fingerprint density at radius 2 is 1.95 bits per heavy atom. The Hall–Kier alpha value is -1.33. The van der Waals surface area contributed by atoms with Gasteiger partial charge < -0.3 is 10.2 Å². The van der Waals surface area contributed by atoms with E-state index in [1.807, 2.05) is 0 Å². The number of rotatable bonds is 4. The van der Waals surface area contributed by atoms with Crippen molar-refractivity contribution in [3.05, 3.63) is 34.9 Å². The van der Waals surface area contributed by atoms with Gasteiger partial charge in [-0.1, -0.05) is 19.9 Å². The summed E-state index contributed by atoms with van der Waals surface area (Å²) in [5.74, 6) is -3.21. The Morgan fingerprint density at radius 3 is 2.41 bits per heavy atom. The van der Waals surface area contributed by atoms with Crippen LogP contribution in [-0.2, 0) is 4.79 Å². The van der Waals surface area contributed by atoms with Crippen LogP contribution in [0.15, 0.2) is 34.9 Å². The van der Waals surface area contributed by atoms with Gasteiger partial charge in [0, 0.05) is 17.9 Å². The SMILES string of the molecule is CC(C=CC1(O)C(C)=C(C(C)(F)F)C(O)CC1(C)C)=CC=O. The van der Waals surface area contributed by atoms with Crippen LogP contribution < -0.4 is 0 Å². The van der Waals surface area contributed by atoms with Gasteiger partial charge in [0.15, 0.2) is 0 Å². The lowest BCUT2D eigenvalue weighted by atomic mass is 9.61. The number of aliphatic hydroxyl groups is 2. The highest BCUT2D eigenvalue weighted by Gasteiger charge is 2.53. The number of hydrogen-bond donors (Lipinski definition) is 2. The van der Waals surface area contributed by atoms with Crippen molar-refractivity contribution in [1.82, 2.24) is 0 Å². The van der Waals surface area contributed by atoms with Gasteiger partial charge in [0.1, 0.15) is 11.9 Å². The van der Waals surface area contributed by atoms with E-state index < -0.39 is 28.6 Å². The number of halogens is 2. The highest BCUT2D eigenvalue weighted by atomic mass is 19.3. The van der Waals surface area contributed by atoms with Crippen LogP contribution in [0.1, 0.15) is 41.0 Å². The quantitative estimate of drug-likeness (QED) is 0.363. The first-order chi connectivity index (χ1) is 9.87. The summed E-state index contributed by atoms with van der Waals surface area (Å²) < 4.78 is 27.6. The summed E-state index contributed by atoms with van der Waals surface area (Å²) in [4.78, 5) is 10.5. The van der Waals surface area contributed by atoms with Crippen LogP contribution in [-0.4, -0.2) is 34.1 Å². The number of hydrogen-bond acceptors (Lipinski definition) is 3. The standard InChI is InChI=1S/C17H24F2O3/c1-11(7-9-20)6-8-17(22)12(2)14(16(5,18)19)13(21)10-15(17,3)4/h6-9,13,21-22H,10H2,1-5H3. The maximum Gasteiger partial charge on any atom is 0.269 e. The number of aldehydes is 1. The van der Waals surface area contributed by atoms with Crippen LogP contribution >= 0.6 is 0 Å². The van der Waals surface area contributed by atoms with Crippen LogP contribution in [0.5, 0.6) is 0 Å². The third-order valence-electron chi connectivity index (χ3n) is 4.44. The van der Waals surface area contributed by atoms with Gasteiger partial charge in [0.05, 0.1) is 6.10 Å². The molecule has 0 aliphatic heterocycles. The van der Waals surface area contributed by atoms with E-state index in [0.29, 0.717) is 11.9 Å². The van der Waals surface area contributed by atoms with Gasteiger partial charge in [0.2, 0.25) is 0 Å². The molecule has 2 N–H and O–H groups in total. The molecule has 0 aromatic rings. The molecule has 3 nitrogen and oxygen atoms in total. The summed E-state index contributed by atoms with van der Waals surface area (Å²) in [5.41, 5.74) is -2.24. The monoisotopic (exact) mass is 314 g/mol. The fourth-order valence-corrected chi connectivity index (χ4v) is 3.09. The van der Waals surface area contributed by atoms with Crippen LogP contribution in [0.25, 0.3) is 0 Å². The summed E-state index contributed by atoms with van der Waals surface area (Å²) in [6.45, 7) is 7.24. The zero-order valence-electron chi connectivity index (χ0n) is 13.7. The Labute approximate surface area is 130 Å². The van der Waals surface area contributed by atoms with E-state index in [4.69, 9.17) is 0 Å². The second-order valence-corrected chi connectivity index (χ2v) is 6.68. The van der Waals surface area contributed by atoms with Crippen LogP contribution in [0.4, 0.5) is 8.78 Å². The van der Waals surface area contributed by atoms with E-state index in [1.54, 1.807) is 20.8 Å². The third kappa shape index (κ3) is 3.36. The van der Waals surface area contributed by atoms with Crippen molar-refractivity contribution < 1.29 is 23.8 Å². The van der Waals surface area contributed by atoms with E-state index in [-0.39, 0.29) is 12.0 Å². The second kappa shape index (κ2) is 6.05. The molecule has 1 aliphatic carbocycles. The van der Waals surface area contributed by atoms with E-state index in [1.165, 1.54) is 25.2 Å². The molecule has 0 aromatic heterocycles. The van der Waals surface area contributed by atoms with E-state index in [2.05, 4.69) is 0 Å². The Balaban J connectivity index is 3.49. The van der Waals surface area contributed by atoms with Gasteiger partial charge in [-0.25, -0.2) is 8.78 Å². The van der Waals surface area contributed by atoms with E-state index in [9.17, 15) is 23.8 Å². The molecule has 0 saturated carbocycles. The van der Waals surface area contributed by atoms with Crippen molar-refractivity contribution in [3.8, 4) is 0 Å². The van der Waals surface area contributed by atoms with Crippen molar-refractivity contribution >= 4 is 6.29 Å². The zero-order valence-corrected chi connectivity index (χ0v) is 13.7. The molecule has 5 heteroatoms. The van der Waals surface area contributed by atoms with Crippen LogP contribution in [0.3, 0.4) is 0 Å². The van der Waals surface area contributed by atoms with Gasteiger partial charge in [-0.2, -0.15) is 0 Å². The Morgan fingerprint density at radius 1 is 1.41 bits per heavy atom. The first-order valence-corrected chi connectivity index (χ1v) is 7.18. The van der Waals surface area contributed by atoms with Gasteiger partial charge >= 0.3 is 0 Å². The lowest BCUT2D eigenvalue weighted by molar-refractivity contribution is -0.104. The minimum absolute atomic E-state index is 0.0143. The maximum absolute atomic E-state index is 13.8. The molecule has 0 radical (unpaired) electrons. The molecule has 124 valence electrons. The number of allylic oxidation sites excluding steroid dienone is 3. The lowest BCUT2D eigenvalue weighted by Gasteiger charge is -2.49. The third-order valence-corrected chi connectivity index (χ3v) is 4.44. The molecule has 1 aliphatic rings. The van der Waals surface area contributed by atoms with Crippen molar-refractivity contribution in [2.75, 3.05) is 0 Å². The van der Waals surface area contributed by atoms with E-state index >= 15 is 0 Å². The minimum Gasteiger partial charge on any atom is -0.388 e. The minimum atomic E-state index is -3.21. The predicted octanol–water partition coefficient (Wildman–Crippen LogP) is 3.18. The van der Waals surface area contributed by atoms with Crippen molar-refractivity contribution in [3.63, 3.8) is 0 Å². The molecular weight excluding hydrogens is 290 g/mol. The van der Waals surface area contributed by atoms with Gasteiger partial charge in [-0.15, -0.1) is 0 Å². The smallest absolute Gasteiger partial charge is 0.269 e. The highest BCUT2D eigenvalue weighted by Crippen LogP contribution is 2.50. The predicted molar refractivity (Wildman–Crippen MR) is 81.6 cm³/mol. The molecule has 2 unspecified atom stereocenters. The number of alkyl halides is 2. The number of carbonyl (C=O) groups excluding carboxylic acids is 1. The first kappa shape index (κ1) is 18.7. The molecule has 0 heterocycles. The molecule has 0 aromatic carbocycles. The lowest BCUT2D eigenvalue weighted by Crippen LogP contribution is -2.52. The van der Waals surface area contributed by atoms with Crippen molar-refractivity contribution in [2.24, 2.45) is 5.41 Å². The van der Waals surface area contributed by atoms with Crippen molar-refractivity contribution in [1.29, 1.82) is 0 Å². The van der Waals surface area contributed by atoms with E-state index in [0.717, 1.165) is 6.92 Å². The molecule has 22 heavy (non-hydrogen) atoms. The fourth-order valence-electron chi connectivity index (χ4n) is 3.09. The van der Waals surface area contributed by atoms with Crippen LogP contribution in [0, 0.1) is 5.41 Å². The molecule has 0 fully saturated rings. The average molecular weight is 314 g/mol. The molecule has 2 atom stereocenters. The second-order valence-electron chi connectivity index (χ2n) is 6.68. The summed E-state index contributed by atoms with van der Waals surface area (Å²) >= 11 is 0. The molecule has 0 spiro atoms. The normalized spacial score (nSPS) is 30.0. The largest absolute Gasteiger partial charge is 0.388 e. The highest BCUT2D eigenvalue weighted by molar-refractivity contribution is 5.67. The number of aliphatic hydroxyl groups excluding tert-OH is 1. The topological polar surface area (TPSA) is 57.5 Å². The first-order valence-electron chi connectivity index (χ1n) is 7.18. The molecule has 0 saturated heterocycles. The van der Waals surface area contributed by atoms with Gasteiger partial charge in [0.25, 0.3) is 5.92 Å². The molecule has 0 bridgehead atoms. The van der Waals surface area contributed by atoms with Crippen molar-refractivity contribution in [2.45, 2.75) is 58.7 Å². The molecule has 0 amide bonds. The van der Waals surface area contributed by atoms with Crippen LogP contribution in [0.2, 0.25) is 0 Å². The summed E-state index contributed by atoms with van der Waals surface area (Å²) in [5, 5.41) is 21.1. The summed E-state index contributed by atoms with van der Waals surface area (Å²) in [6, 6.07) is 0.